The third kappa shape index (κ3) is 1.97. The molecule has 4 aliphatic carbocycles. The third-order valence-electron chi connectivity index (χ3n) is 7.70. The van der Waals surface area contributed by atoms with E-state index in [1.165, 1.54) is 19.8 Å². The summed E-state index contributed by atoms with van der Waals surface area (Å²) < 4.78 is 0. The summed E-state index contributed by atoms with van der Waals surface area (Å²) in [6.07, 6.45) is 6.96. The van der Waals surface area contributed by atoms with Crippen LogP contribution in [0.3, 0.4) is 0 Å². The molecule has 136 valence electrons. The number of aliphatic hydroxyl groups is 3. The van der Waals surface area contributed by atoms with Gasteiger partial charge in [-0.15, -0.1) is 0 Å². The number of carbonyl (C=O) groups is 1. The van der Waals surface area contributed by atoms with Crippen molar-refractivity contribution in [3.8, 4) is 0 Å². The number of aliphatic hydroxyl groups excluding tert-OH is 3. The molecule has 0 aromatic carbocycles. The van der Waals surface area contributed by atoms with Gasteiger partial charge in [-0.1, -0.05) is 26.7 Å². The minimum absolute atomic E-state index is 0.128. The Morgan fingerprint density at radius 1 is 1.04 bits per heavy atom. The molecule has 4 nitrogen and oxygen atoms in total. The molecular weight excluding hydrogens is 316 g/mol. The number of hydrogen-bond acceptors (Lipinski definition) is 4. The first kappa shape index (κ1) is 16.7. The Labute approximate surface area is 148 Å². The Morgan fingerprint density at radius 2 is 1.76 bits per heavy atom. The molecule has 0 amide bonds. The van der Waals surface area contributed by atoms with Gasteiger partial charge in [0.25, 0.3) is 0 Å². The lowest BCUT2D eigenvalue weighted by atomic mass is 9.49. The van der Waals surface area contributed by atoms with Crippen LogP contribution >= 0.6 is 0 Å². The molecular formula is C21H28O4. The highest BCUT2D eigenvalue weighted by atomic mass is 16.3. The predicted octanol–water partition coefficient (Wildman–Crippen LogP) is 5.04. The second-order valence-electron chi connectivity index (χ2n) is 8.94. The van der Waals surface area contributed by atoms with Gasteiger partial charge >= 0.3 is 0 Å². The highest BCUT2D eigenvalue weighted by molar-refractivity contribution is 5.98. The third-order valence-corrected chi connectivity index (χ3v) is 7.70. The van der Waals surface area contributed by atoms with E-state index in [4.69, 9.17) is 0 Å². The zero-order chi connectivity index (χ0) is 18.1. The maximum Gasteiger partial charge on any atom is 0.165 e. The van der Waals surface area contributed by atoms with Crippen molar-refractivity contribution < 1.29 is 20.1 Å². The quantitative estimate of drug-likeness (QED) is 0.622. The molecule has 2 fully saturated rings. The second-order valence-corrected chi connectivity index (χ2v) is 8.94. The van der Waals surface area contributed by atoms with E-state index in [1.54, 1.807) is 0 Å². The number of Topliss-reactive ketones (excluding diaryl/α,β-unsaturated/α-hetero) is 1. The smallest absolute Gasteiger partial charge is 0.165 e. The van der Waals surface area contributed by atoms with Crippen LogP contribution < -0.4 is 0 Å². The van der Waals surface area contributed by atoms with Gasteiger partial charge in [0.1, 0.15) is 0 Å². The van der Waals surface area contributed by atoms with Gasteiger partial charge in [-0.25, -0.2) is 0 Å². The van der Waals surface area contributed by atoms with E-state index in [1.807, 2.05) is 6.92 Å². The Morgan fingerprint density at radius 3 is 2.44 bits per heavy atom. The van der Waals surface area contributed by atoms with Crippen LogP contribution in [0.15, 0.2) is 34.0 Å². The van der Waals surface area contributed by atoms with E-state index < -0.39 is 5.41 Å². The van der Waals surface area contributed by atoms with Gasteiger partial charge < -0.3 is 15.3 Å². The molecule has 3 N–H and O–H groups in total. The molecule has 4 heteroatoms. The average molecular weight is 344 g/mol. The molecule has 25 heavy (non-hydrogen) atoms. The van der Waals surface area contributed by atoms with Crippen molar-refractivity contribution in [1.29, 1.82) is 0 Å². The molecule has 0 radical (unpaired) electrons. The van der Waals surface area contributed by atoms with Crippen molar-refractivity contribution in [2.75, 3.05) is 0 Å². The zero-order valence-corrected chi connectivity index (χ0v) is 15.4. The molecule has 0 spiro atoms. The van der Waals surface area contributed by atoms with Gasteiger partial charge in [-0.3, -0.25) is 4.79 Å². The minimum atomic E-state index is -0.697. The zero-order valence-electron chi connectivity index (χ0n) is 15.4. The first-order chi connectivity index (χ1) is 11.7. The maximum absolute atomic E-state index is 12.2. The van der Waals surface area contributed by atoms with Gasteiger partial charge in [0.2, 0.25) is 0 Å². The Bertz CT molecular complexity index is 756. The maximum atomic E-state index is 12.2. The van der Waals surface area contributed by atoms with E-state index >= 15 is 0 Å². The van der Waals surface area contributed by atoms with E-state index in [0.717, 1.165) is 31.3 Å². The molecule has 0 saturated heterocycles. The number of fused-ring (bicyclic) bond motifs is 5. The summed E-state index contributed by atoms with van der Waals surface area (Å²) in [7, 11) is 0. The molecule has 0 aromatic rings. The summed E-state index contributed by atoms with van der Waals surface area (Å²) in [4.78, 5) is 12.2. The van der Waals surface area contributed by atoms with Crippen LogP contribution in [0.2, 0.25) is 0 Å². The number of carbonyl (C=O) groups excluding carboxylic acids is 1. The van der Waals surface area contributed by atoms with E-state index in [0.29, 0.717) is 29.2 Å². The number of ketones is 1. The SMILES string of the molecule is CC(=O)C1=C(O)C(O)=C2C3=C(O)CC4CCCC[C@]4(C)[C@H]3CC[C@]12C. The number of hydrogen-bond donors (Lipinski definition) is 3. The topological polar surface area (TPSA) is 77.8 Å². The summed E-state index contributed by atoms with van der Waals surface area (Å²) >= 11 is 0. The summed E-state index contributed by atoms with van der Waals surface area (Å²) in [6, 6.07) is 0. The van der Waals surface area contributed by atoms with Crippen LogP contribution in [0.25, 0.3) is 0 Å². The summed E-state index contributed by atoms with van der Waals surface area (Å²) in [5.74, 6) is 0.337. The highest BCUT2D eigenvalue weighted by Gasteiger charge is 2.58. The van der Waals surface area contributed by atoms with E-state index in [2.05, 4.69) is 6.92 Å². The standard InChI is InChI=1S/C21H28O4/c1-11(22)16-18(24)19(25)17-15-13(7-9-21(16,17)3)20(2)8-5-4-6-12(20)10-14(15)23/h12-13,23-25H,4-10H2,1-3H3/t12?,13-,20-,21+/m0/s1. The Kier molecular flexibility index (Phi) is 3.45. The van der Waals surface area contributed by atoms with Gasteiger partial charge in [-0.05, 0) is 49.9 Å². The van der Waals surface area contributed by atoms with Gasteiger partial charge in [-0.2, -0.15) is 0 Å². The van der Waals surface area contributed by atoms with Crippen LogP contribution in [0.4, 0.5) is 0 Å². The van der Waals surface area contributed by atoms with Crippen molar-refractivity contribution in [1.82, 2.24) is 0 Å². The van der Waals surface area contributed by atoms with Crippen LogP contribution in [0.1, 0.15) is 65.7 Å². The first-order valence-electron chi connectivity index (χ1n) is 9.53. The van der Waals surface area contributed by atoms with Crippen molar-refractivity contribution in [3.63, 3.8) is 0 Å². The van der Waals surface area contributed by atoms with Gasteiger partial charge in [0.15, 0.2) is 17.3 Å². The molecule has 1 unspecified atom stereocenters. The fourth-order valence-corrected chi connectivity index (χ4v) is 6.44. The first-order valence-corrected chi connectivity index (χ1v) is 9.53. The van der Waals surface area contributed by atoms with Crippen LogP contribution in [0.5, 0.6) is 0 Å². The molecule has 4 atom stereocenters. The summed E-state index contributed by atoms with van der Waals surface area (Å²) in [5.41, 5.74) is 1.15. The second kappa shape index (κ2) is 5.15. The fourth-order valence-electron chi connectivity index (χ4n) is 6.44. The van der Waals surface area contributed by atoms with E-state index in [9.17, 15) is 20.1 Å². The summed E-state index contributed by atoms with van der Waals surface area (Å²) in [5, 5.41) is 32.0. The van der Waals surface area contributed by atoms with E-state index in [-0.39, 0.29) is 28.6 Å². The van der Waals surface area contributed by atoms with Crippen LogP contribution in [-0.4, -0.2) is 21.1 Å². The van der Waals surface area contributed by atoms with Crippen molar-refractivity contribution >= 4 is 5.78 Å². The lowest BCUT2D eigenvalue weighted by Crippen LogP contribution is -2.47. The molecule has 0 aliphatic heterocycles. The highest BCUT2D eigenvalue weighted by Crippen LogP contribution is 2.65. The van der Waals surface area contributed by atoms with Crippen molar-refractivity contribution in [2.45, 2.75) is 65.7 Å². The number of allylic oxidation sites excluding steroid dienone is 4. The molecule has 4 rings (SSSR count). The molecule has 0 aromatic heterocycles. The predicted molar refractivity (Wildman–Crippen MR) is 95.2 cm³/mol. The fraction of sp³-hybridized carbons (Fsp3) is 0.667. The largest absolute Gasteiger partial charge is 0.512 e. The number of rotatable bonds is 1. The summed E-state index contributed by atoms with van der Waals surface area (Å²) in [6.45, 7) is 5.69. The van der Waals surface area contributed by atoms with Crippen molar-refractivity contribution in [3.05, 3.63) is 34.0 Å². The molecule has 0 bridgehead atoms. The molecule has 0 heterocycles. The lowest BCUT2D eigenvalue weighted by Gasteiger charge is -2.55. The monoisotopic (exact) mass is 344 g/mol. The normalized spacial score (nSPS) is 40.8. The Hall–Kier alpha value is -1.71. The van der Waals surface area contributed by atoms with Gasteiger partial charge in [0, 0.05) is 23.0 Å². The van der Waals surface area contributed by atoms with Gasteiger partial charge in [0.05, 0.1) is 11.3 Å². The van der Waals surface area contributed by atoms with Crippen LogP contribution in [-0.2, 0) is 4.79 Å². The van der Waals surface area contributed by atoms with Crippen molar-refractivity contribution in [2.24, 2.45) is 22.7 Å². The lowest BCUT2D eigenvalue weighted by molar-refractivity contribution is -0.114. The Balaban J connectivity index is 1.89. The molecule has 4 aliphatic rings. The molecule has 2 saturated carbocycles. The minimum Gasteiger partial charge on any atom is -0.512 e. The average Bonchev–Trinajstić information content (AvgIpc) is 2.74. The van der Waals surface area contributed by atoms with Crippen LogP contribution in [0, 0.1) is 22.7 Å².